The highest BCUT2D eigenvalue weighted by atomic mass is 16.5. The molecule has 0 spiro atoms. The van der Waals surface area contributed by atoms with Crippen LogP contribution in [0.2, 0.25) is 0 Å². The van der Waals surface area contributed by atoms with Gasteiger partial charge < -0.3 is 14.8 Å². The van der Waals surface area contributed by atoms with Gasteiger partial charge in [0.25, 0.3) is 0 Å². The zero-order valence-corrected chi connectivity index (χ0v) is 13.9. The molecule has 0 saturated heterocycles. The van der Waals surface area contributed by atoms with Gasteiger partial charge in [-0.25, -0.2) is 0 Å². The summed E-state index contributed by atoms with van der Waals surface area (Å²) >= 11 is 0. The standard InChI is InChI=1S/C16H30N2O3/c1-12(13-5-6-13)18(9-10-20-3)14-7-8-16(11-14,17-2)15(19)21-4/h12-14,17H,5-11H2,1-4H3. The summed E-state index contributed by atoms with van der Waals surface area (Å²) in [7, 11) is 5.09. The molecule has 5 heteroatoms. The Morgan fingerprint density at radius 3 is 2.62 bits per heavy atom. The topological polar surface area (TPSA) is 50.8 Å². The third kappa shape index (κ3) is 3.58. The average Bonchev–Trinajstić information content (AvgIpc) is 3.27. The van der Waals surface area contributed by atoms with Crippen molar-refractivity contribution in [3.63, 3.8) is 0 Å². The van der Waals surface area contributed by atoms with Crippen LogP contribution in [0.15, 0.2) is 0 Å². The summed E-state index contributed by atoms with van der Waals surface area (Å²) in [4.78, 5) is 14.7. The summed E-state index contributed by atoms with van der Waals surface area (Å²) in [6, 6.07) is 1.01. The minimum absolute atomic E-state index is 0.127. The number of hydrogen-bond acceptors (Lipinski definition) is 5. The van der Waals surface area contributed by atoms with Crippen molar-refractivity contribution >= 4 is 5.97 Å². The van der Waals surface area contributed by atoms with Crippen LogP contribution in [0.5, 0.6) is 0 Å². The Morgan fingerprint density at radius 1 is 1.38 bits per heavy atom. The fourth-order valence-corrected chi connectivity index (χ4v) is 3.78. The van der Waals surface area contributed by atoms with Crippen LogP contribution in [0.3, 0.4) is 0 Å². The summed E-state index contributed by atoms with van der Waals surface area (Å²) in [6.45, 7) is 4.02. The van der Waals surface area contributed by atoms with Crippen molar-refractivity contribution in [2.24, 2.45) is 5.92 Å². The first kappa shape index (κ1) is 16.7. The van der Waals surface area contributed by atoms with E-state index in [0.29, 0.717) is 12.1 Å². The van der Waals surface area contributed by atoms with Crippen LogP contribution >= 0.6 is 0 Å². The van der Waals surface area contributed by atoms with Crippen molar-refractivity contribution in [2.75, 3.05) is 34.4 Å². The monoisotopic (exact) mass is 298 g/mol. The van der Waals surface area contributed by atoms with Gasteiger partial charge in [0, 0.05) is 25.7 Å². The number of esters is 1. The first-order chi connectivity index (χ1) is 10.1. The first-order valence-electron chi connectivity index (χ1n) is 8.10. The van der Waals surface area contributed by atoms with E-state index >= 15 is 0 Å². The molecule has 0 radical (unpaired) electrons. The summed E-state index contributed by atoms with van der Waals surface area (Å²) < 4.78 is 10.3. The predicted molar refractivity (Wildman–Crippen MR) is 82.2 cm³/mol. The molecule has 3 unspecified atom stereocenters. The Balaban J connectivity index is 2.05. The number of nitrogens with zero attached hydrogens (tertiary/aromatic N) is 1. The minimum atomic E-state index is -0.506. The number of methoxy groups -OCH3 is 2. The van der Waals surface area contributed by atoms with E-state index in [1.54, 1.807) is 7.11 Å². The van der Waals surface area contributed by atoms with Gasteiger partial charge in [-0.1, -0.05) is 0 Å². The number of ether oxygens (including phenoxy) is 2. The fraction of sp³-hybridized carbons (Fsp3) is 0.938. The third-order valence-corrected chi connectivity index (χ3v) is 5.39. The Morgan fingerprint density at radius 2 is 2.10 bits per heavy atom. The average molecular weight is 298 g/mol. The van der Waals surface area contributed by atoms with Crippen LogP contribution in [0.25, 0.3) is 0 Å². The molecule has 2 fully saturated rings. The van der Waals surface area contributed by atoms with Crippen LogP contribution in [-0.2, 0) is 14.3 Å². The highest BCUT2D eigenvalue weighted by Gasteiger charge is 2.48. The lowest BCUT2D eigenvalue weighted by molar-refractivity contribution is -0.148. The molecule has 0 aromatic carbocycles. The second-order valence-electron chi connectivity index (χ2n) is 6.53. The molecule has 3 atom stereocenters. The largest absolute Gasteiger partial charge is 0.468 e. The van der Waals surface area contributed by atoms with E-state index in [1.165, 1.54) is 20.0 Å². The molecule has 2 aliphatic carbocycles. The van der Waals surface area contributed by atoms with Gasteiger partial charge in [-0.2, -0.15) is 0 Å². The van der Waals surface area contributed by atoms with Crippen LogP contribution < -0.4 is 5.32 Å². The number of nitrogens with one attached hydrogen (secondary N) is 1. The SMILES string of the molecule is CNC1(C(=O)OC)CCC(N(CCOC)C(C)C2CC2)C1. The number of carbonyl (C=O) groups is 1. The molecule has 0 aromatic heterocycles. The molecular weight excluding hydrogens is 268 g/mol. The summed E-state index contributed by atoms with van der Waals surface area (Å²) in [5.74, 6) is 0.697. The molecule has 0 aromatic rings. The number of hydrogen-bond donors (Lipinski definition) is 1. The Labute approximate surface area is 128 Å². The van der Waals surface area contributed by atoms with E-state index in [2.05, 4.69) is 17.1 Å². The zero-order valence-electron chi connectivity index (χ0n) is 13.9. The second kappa shape index (κ2) is 7.07. The highest BCUT2D eigenvalue weighted by molar-refractivity contribution is 5.81. The molecule has 0 amide bonds. The van der Waals surface area contributed by atoms with E-state index in [4.69, 9.17) is 9.47 Å². The fourth-order valence-electron chi connectivity index (χ4n) is 3.78. The molecule has 122 valence electrons. The lowest BCUT2D eigenvalue weighted by Crippen LogP contribution is -2.51. The Bertz CT molecular complexity index is 359. The van der Waals surface area contributed by atoms with Crippen molar-refractivity contribution in [1.29, 1.82) is 0 Å². The van der Waals surface area contributed by atoms with Crippen molar-refractivity contribution in [3.8, 4) is 0 Å². The van der Waals surface area contributed by atoms with Crippen LogP contribution in [0.1, 0.15) is 39.0 Å². The maximum absolute atomic E-state index is 12.1. The summed E-state index contributed by atoms with van der Waals surface area (Å²) in [6.07, 6.45) is 5.40. The summed E-state index contributed by atoms with van der Waals surface area (Å²) in [5, 5.41) is 3.22. The van der Waals surface area contributed by atoms with E-state index < -0.39 is 5.54 Å². The van der Waals surface area contributed by atoms with Crippen LogP contribution in [0, 0.1) is 5.92 Å². The van der Waals surface area contributed by atoms with Gasteiger partial charge >= 0.3 is 5.97 Å². The molecule has 1 N–H and O–H groups in total. The van der Waals surface area contributed by atoms with Crippen molar-refractivity contribution in [1.82, 2.24) is 10.2 Å². The minimum Gasteiger partial charge on any atom is -0.468 e. The molecule has 0 heterocycles. The van der Waals surface area contributed by atoms with E-state index in [0.717, 1.165) is 38.3 Å². The maximum Gasteiger partial charge on any atom is 0.326 e. The zero-order chi connectivity index (χ0) is 15.5. The van der Waals surface area contributed by atoms with Gasteiger partial charge in [0.15, 0.2) is 0 Å². The maximum atomic E-state index is 12.1. The van der Waals surface area contributed by atoms with Gasteiger partial charge in [0.1, 0.15) is 5.54 Å². The number of rotatable bonds is 8. The van der Waals surface area contributed by atoms with Gasteiger partial charge in [0.2, 0.25) is 0 Å². The second-order valence-corrected chi connectivity index (χ2v) is 6.53. The Kier molecular flexibility index (Phi) is 5.63. The lowest BCUT2D eigenvalue weighted by atomic mass is 9.97. The number of carbonyl (C=O) groups excluding carboxylic acids is 1. The van der Waals surface area contributed by atoms with Crippen LogP contribution in [-0.4, -0.2) is 62.9 Å². The number of likely N-dealkylation sites (N-methyl/N-ethyl adjacent to an activating group) is 1. The van der Waals surface area contributed by atoms with Gasteiger partial charge in [-0.05, 0) is 52.0 Å². The van der Waals surface area contributed by atoms with Crippen molar-refractivity contribution < 1.29 is 14.3 Å². The summed E-state index contributed by atoms with van der Waals surface area (Å²) in [5.41, 5.74) is -0.506. The molecule has 2 aliphatic rings. The van der Waals surface area contributed by atoms with E-state index in [9.17, 15) is 4.79 Å². The van der Waals surface area contributed by atoms with Crippen LogP contribution in [0.4, 0.5) is 0 Å². The van der Waals surface area contributed by atoms with Crippen molar-refractivity contribution in [2.45, 2.75) is 56.7 Å². The predicted octanol–water partition coefficient (Wildman–Crippen LogP) is 1.42. The van der Waals surface area contributed by atoms with Gasteiger partial charge in [0.05, 0.1) is 13.7 Å². The molecular formula is C16H30N2O3. The molecule has 2 rings (SSSR count). The lowest BCUT2D eigenvalue weighted by Gasteiger charge is -2.35. The quantitative estimate of drug-likeness (QED) is 0.687. The molecule has 5 nitrogen and oxygen atoms in total. The first-order valence-corrected chi connectivity index (χ1v) is 8.10. The van der Waals surface area contributed by atoms with E-state index in [-0.39, 0.29) is 5.97 Å². The molecule has 21 heavy (non-hydrogen) atoms. The molecule has 2 saturated carbocycles. The highest BCUT2D eigenvalue weighted by Crippen LogP contribution is 2.40. The Hall–Kier alpha value is -0.650. The molecule has 0 aliphatic heterocycles. The normalized spacial score (nSPS) is 30.6. The third-order valence-electron chi connectivity index (χ3n) is 5.39. The van der Waals surface area contributed by atoms with Gasteiger partial charge in [-0.3, -0.25) is 9.69 Å². The van der Waals surface area contributed by atoms with E-state index in [1.807, 2.05) is 7.05 Å². The molecule has 0 bridgehead atoms. The van der Waals surface area contributed by atoms with Crippen molar-refractivity contribution in [3.05, 3.63) is 0 Å². The van der Waals surface area contributed by atoms with Gasteiger partial charge in [-0.15, -0.1) is 0 Å². The smallest absolute Gasteiger partial charge is 0.326 e.